The molecule has 0 heterocycles. The van der Waals surface area contributed by atoms with Crippen LogP contribution in [-0.2, 0) is 14.8 Å². The molecule has 114 valence electrons. The Morgan fingerprint density at radius 1 is 1.40 bits per heavy atom. The molecule has 0 radical (unpaired) electrons. The monoisotopic (exact) mass is 320 g/mol. The lowest BCUT2D eigenvalue weighted by Gasteiger charge is -2.10. The lowest BCUT2D eigenvalue weighted by molar-refractivity contribution is 0.108. The summed E-state index contributed by atoms with van der Waals surface area (Å²) in [5.74, 6) is 0.470. The zero-order chi connectivity index (χ0) is 15.2. The smallest absolute Gasteiger partial charge is 0.242 e. The number of hydrogen-bond acceptors (Lipinski definition) is 4. The van der Waals surface area contributed by atoms with E-state index in [9.17, 15) is 8.42 Å². The second kappa shape index (κ2) is 7.83. The minimum atomic E-state index is -3.63. The largest absolute Gasteiger partial charge is 0.398 e. The van der Waals surface area contributed by atoms with Gasteiger partial charge in [0.1, 0.15) is 4.90 Å². The number of hydrogen-bond donors (Lipinski definition) is 2. The Labute approximate surface area is 125 Å². The fraction of sp³-hybridized carbons (Fsp3) is 0.538. The molecule has 5 nitrogen and oxygen atoms in total. The summed E-state index contributed by atoms with van der Waals surface area (Å²) in [6.07, 6.45) is 0.604. The first kappa shape index (κ1) is 17.2. The van der Waals surface area contributed by atoms with Gasteiger partial charge in [0, 0.05) is 24.8 Å². The molecule has 0 aliphatic heterocycles. The van der Waals surface area contributed by atoms with Crippen LogP contribution in [0.2, 0.25) is 5.02 Å². The third kappa shape index (κ3) is 5.66. The van der Waals surface area contributed by atoms with Gasteiger partial charge in [0.15, 0.2) is 0 Å². The number of halogens is 1. The summed E-state index contributed by atoms with van der Waals surface area (Å²) in [6.45, 7) is 5.61. The number of sulfonamides is 1. The van der Waals surface area contributed by atoms with Gasteiger partial charge in [-0.2, -0.15) is 0 Å². The number of nitrogens with one attached hydrogen (secondary N) is 1. The molecule has 0 saturated carbocycles. The van der Waals surface area contributed by atoms with Crippen LogP contribution >= 0.6 is 11.6 Å². The van der Waals surface area contributed by atoms with Crippen LogP contribution in [0, 0.1) is 5.92 Å². The van der Waals surface area contributed by atoms with Crippen LogP contribution in [0.4, 0.5) is 5.69 Å². The van der Waals surface area contributed by atoms with Crippen molar-refractivity contribution in [3.05, 3.63) is 23.2 Å². The Morgan fingerprint density at radius 3 is 2.75 bits per heavy atom. The van der Waals surface area contributed by atoms with Crippen molar-refractivity contribution < 1.29 is 13.2 Å². The summed E-state index contributed by atoms with van der Waals surface area (Å²) in [6, 6.07) is 4.37. The van der Waals surface area contributed by atoms with Crippen LogP contribution in [0.1, 0.15) is 20.3 Å². The standard InChI is InChI=1S/C13H21ClN2O3S/c1-10(2)9-19-7-3-6-16-20(17,18)13-8-11(14)4-5-12(13)15/h4-5,8,10,16H,3,6-7,9,15H2,1-2H3. The first-order valence-corrected chi connectivity index (χ1v) is 8.31. The molecule has 0 aromatic heterocycles. The first-order chi connectivity index (χ1) is 9.33. The fourth-order valence-electron chi connectivity index (χ4n) is 1.52. The van der Waals surface area contributed by atoms with Crippen molar-refractivity contribution in [1.29, 1.82) is 0 Å². The molecular formula is C13H21ClN2O3S. The predicted octanol–water partition coefficient (Wildman–Crippen LogP) is 2.26. The average Bonchev–Trinajstić information content (AvgIpc) is 2.36. The lowest BCUT2D eigenvalue weighted by atomic mass is 10.2. The summed E-state index contributed by atoms with van der Waals surface area (Å²) in [5, 5.41) is 0.333. The van der Waals surface area contributed by atoms with E-state index in [1.54, 1.807) is 6.07 Å². The van der Waals surface area contributed by atoms with E-state index in [1.807, 2.05) is 0 Å². The molecule has 1 aromatic rings. The van der Waals surface area contributed by atoms with E-state index >= 15 is 0 Å². The van der Waals surface area contributed by atoms with E-state index in [0.717, 1.165) is 0 Å². The molecule has 0 spiro atoms. The van der Waals surface area contributed by atoms with Gasteiger partial charge in [0.25, 0.3) is 0 Å². The van der Waals surface area contributed by atoms with E-state index in [2.05, 4.69) is 18.6 Å². The molecule has 0 saturated heterocycles. The van der Waals surface area contributed by atoms with Crippen LogP contribution in [0.15, 0.2) is 23.1 Å². The SMILES string of the molecule is CC(C)COCCCNS(=O)(=O)c1cc(Cl)ccc1N. The maximum atomic E-state index is 12.1. The molecule has 0 aliphatic carbocycles. The molecule has 0 unspecified atom stereocenters. The van der Waals surface area contributed by atoms with Gasteiger partial charge in [0.2, 0.25) is 10.0 Å². The molecule has 0 fully saturated rings. The zero-order valence-corrected chi connectivity index (χ0v) is 13.3. The molecule has 0 atom stereocenters. The van der Waals surface area contributed by atoms with E-state index in [1.165, 1.54) is 12.1 Å². The molecule has 1 rings (SSSR count). The number of rotatable bonds is 8. The van der Waals surface area contributed by atoms with Crippen LogP contribution in [-0.4, -0.2) is 28.2 Å². The van der Waals surface area contributed by atoms with Crippen molar-refractivity contribution in [3.8, 4) is 0 Å². The second-order valence-electron chi connectivity index (χ2n) is 4.90. The minimum absolute atomic E-state index is 0.00750. The van der Waals surface area contributed by atoms with Crippen molar-refractivity contribution in [3.63, 3.8) is 0 Å². The molecule has 0 aliphatic rings. The quantitative estimate of drug-likeness (QED) is 0.568. The second-order valence-corrected chi connectivity index (χ2v) is 7.07. The third-order valence-electron chi connectivity index (χ3n) is 2.47. The van der Waals surface area contributed by atoms with E-state index in [0.29, 0.717) is 37.1 Å². The number of anilines is 1. The number of ether oxygens (including phenoxy) is 1. The first-order valence-electron chi connectivity index (χ1n) is 6.45. The Hall–Kier alpha value is -0.820. The van der Waals surface area contributed by atoms with Gasteiger partial charge in [-0.25, -0.2) is 13.1 Å². The summed E-state index contributed by atoms with van der Waals surface area (Å²) in [4.78, 5) is 0.00750. The van der Waals surface area contributed by atoms with Crippen LogP contribution in [0.25, 0.3) is 0 Å². The third-order valence-corrected chi connectivity index (χ3v) is 4.23. The van der Waals surface area contributed by atoms with E-state index < -0.39 is 10.0 Å². The van der Waals surface area contributed by atoms with Gasteiger partial charge in [0.05, 0.1) is 5.69 Å². The highest BCUT2D eigenvalue weighted by atomic mass is 35.5. The molecule has 3 N–H and O–H groups in total. The van der Waals surface area contributed by atoms with E-state index in [4.69, 9.17) is 22.1 Å². The number of nitrogens with two attached hydrogens (primary N) is 1. The van der Waals surface area contributed by atoms with E-state index in [-0.39, 0.29) is 10.6 Å². The Balaban J connectivity index is 2.48. The normalized spacial score (nSPS) is 12.0. The predicted molar refractivity (Wildman–Crippen MR) is 81.3 cm³/mol. The fourth-order valence-corrected chi connectivity index (χ4v) is 2.98. The lowest BCUT2D eigenvalue weighted by Crippen LogP contribution is -2.26. The molecular weight excluding hydrogens is 300 g/mol. The van der Waals surface area contributed by atoms with Crippen LogP contribution in [0.3, 0.4) is 0 Å². The zero-order valence-electron chi connectivity index (χ0n) is 11.7. The summed E-state index contributed by atoms with van der Waals surface area (Å²) < 4.78 is 32.0. The number of benzene rings is 1. The molecule has 20 heavy (non-hydrogen) atoms. The molecule has 1 aromatic carbocycles. The highest BCUT2D eigenvalue weighted by Crippen LogP contribution is 2.22. The topological polar surface area (TPSA) is 81.4 Å². The van der Waals surface area contributed by atoms with Gasteiger partial charge < -0.3 is 10.5 Å². The summed E-state index contributed by atoms with van der Waals surface area (Å²) >= 11 is 5.79. The van der Waals surface area contributed by atoms with Crippen molar-refractivity contribution in [2.75, 3.05) is 25.5 Å². The molecule has 0 bridgehead atoms. The Bertz CT molecular complexity index is 532. The summed E-state index contributed by atoms with van der Waals surface area (Å²) in [5.41, 5.74) is 5.84. The Kier molecular flexibility index (Phi) is 6.75. The highest BCUT2D eigenvalue weighted by molar-refractivity contribution is 7.89. The van der Waals surface area contributed by atoms with Crippen molar-refractivity contribution in [2.24, 2.45) is 5.92 Å². The highest BCUT2D eigenvalue weighted by Gasteiger charge is 2.17. The maximum Gasteiger partial charge on any atom is 0.242 e. The van der Waals surface area contributed by atoms with Gasteiger partial charge in [-0.15, -0.1) is 0 Å². The van der Waals surface area contributed by atoms with Gasteiger partial charge in [-0.1, -0.05) is 25.4 Å². The molecule has 7 heteroatoms. The van der Waals surface area contributed by atoms with Crippen LogP contribution < -0.4 is 10.5 Å². The van der Waals surface area contributed by atoms with Crippen molar-refractivity contribution >= 4 is 27.3 Å². The van der Waals surface area contributed by atoms with Gasteiger partial charge >= 0.3 is 0 Å². The van der Waals surface area contributed by atoms with Crippen LogP contribution in [0.5, 0.6) is 0 Å². The van der Waals surface area contributed by atoms with Crippen molar-refractivity contribution in [2.45, 2.75) is 25.2 Å². The number of nitrogen functional groups attached to an aromatic ring is 1. The van der Waals surface area contributed by atoms with Crippen molar-refractivity contribution in [1.82, 2.24) is 4.72 Å². The average molecular weight is 321 g/mol. The minimum Gasteiger partial charge on any atom is -0.398 e. The van der Waals surface area contributed by atoms with Gasteiger partial charge in [-0.05, 0) is 30.5 Å². The van der Waals surface area contributed by atoms with Gasteiger partial charge in [-0.3, -0.25) is 0 Å². The Morgan fingerprint density at radius 2 is 2.10 bits per heavy atom. The molecule has 0 amide bonds. The summed E-state index contributed by atoms with van der Waals surface area (Å²) in [7, 11) is -3.63. The maximum absolute atomic E-state index is 12.1.